The van der Waals surface area contributed by atoms with E-state index in [0.29, 0.717) is 6.29 Å². The van der Waals surface area contributed by atoms with Gasteiger partial charge in [-0.2, -0.15) is 0 Å². The standard InChI is InChI=1S/C13H16O7/c1-18-12(16)11(15)13(17,19-2)8-20-10-6-4-3-5-9(10)7-14/h3-7,11,15,17H,8H2,1-2H3. The molecule has 2 unspecified atom stereocenters. The fourth-order valence-corrected chi connectivity index (χ4v) is 1.44. The van der Waals surface area contributed by atoms with Gasteiger partial charge in [-0.15, -0.1) is 0 Å². The van der Waals surface area contributed by atoms with Crippen molar-refractivity contribution in [2.45, 2.75) is 11.9 Å². The van der Waals surface area contributed by atoms with E-state index in [1.807, 2.05) is 0 Å². The number of rotatable bonds is 7. The quantitative estimate of drug-likeness (QED) is 0.404. The van der Waals surface area contributed by atoms with Gasteiger partial charge < -0.3 is 24.4 Å². The van der Waals surface area contributed by atoms with Crippen LogP contribution >= 0.6 is 0 Å². The molecule has 0 aliphatic carbocycles. The minimum atomic E-state index is -2.29. The maximum atomic E-state index is 11.2. The van der Waals surface area contributed by atoms with E-state index in [2.05, 4.69) is 4.74 Å². The normalized spacial score (nSPS) is 15.0. The topological polar surface area (TPSA) is 102 Å². The third-order valence-electron chi connectivity index (χ3n) is 2.69. The van der Waals surface area contributed by atoms with E-state index >= 15 is 0 Å². The lowest BCUT2D eigenvalue weighted by Crippen LogP contribution is -2.53. The van der Waals surface area contributed by atoms with Crippen molar-refractivity contribution in [2.75, 3.05) is 20.8 Å². The molecule has 0 spiro atoms. The Bertz CT molecular complexity index is 474. The number of aliphatic hydroxyl groups is 2. The zero-order valence-corrected chi connectivity index (χ0v) is 11.1. The van der Waals surface area contributed by atoms with E-state index in [-0.39, 0.29) is 11.3 Å². The molecule has 7 nitrogen and oxygen atoms in total. The minimum Gasteiger partial charge on any atom is -0.487 e. The smallest absolute Gasteiger partial charge is 0.340 e. The molecule has 7 heteroatoms. The molecule has 110 valence electrons. The lowest BCUT2D eigenvalue weighted by Gasteiger charge is -2.29. The second kappa shape index (κ2) is 6.99. The van der Waals surface area contributed by atoms with Crippen molar-refractivity contribution in [2.24, 2.45) is 0 Å². The number of carbonyl (C=O) groups excluding carboxylic acids is 2. The number of hydrogen-bond acceptors (Lipinski definition) is 7. The Balaban J connectivity index is 2.83. The zero-order valence-electron chi connectivity index (χ0n) is 11.1. The van der Waals surface area contributed by atoms with Crippen LogP contribution in [0.1, 0.15) is 10.4 Å². The highest BCUT2D eigenvalue weighted by molar-refractivity contribution is 5.79. The van der Waals surface area contributed by atoms with E-state index in [0.717, 1.165) is 14.2 Å². The second-order valence-electron chi connectivity index (χ2n) is 3.92. The summed E-state index contributed by atoms with van der Waals surface area (Å²) < 4.78 is 14.3. The monoisotopic (exact) mass is 284 g/mol. The van der Waals surface area contributed by atoms with E-state index in [4.69, 9.17) is 9.47 Å². The molecule has 0 saturated heterocycles. The molecule has 0 aromatic heterocycles. The molecule has 0 bridgehead atoms. The van der Waals surface area contributed by atoms with E-state index < -0.39 is 24.5 Å². The van der Waals surface area contributed by atoms with E-state index in [1.54, 1.807) is 12.1 Å². The van der Waals surface area contributed by atoms with Crippen LogP contribution in [0.3, 0.4) is 0 Å². The Labute approximate surface area is 115 Å². The summed E-state index contributed by atoms with van der Waals surface area (Å²) in [5.41, 5.74) is 0.263. The molecule has 0 amide bonds. The van der Waals surface area contributed by atoms with Crippen LogP contribution in [-0.2, 0) is 14.3 Å². The number of ether oxygens (including phenoxy) is 3. The number of carbonyl (C=O) groups is 2. The van der Waals surface area contributed by atoms with Gasteiger partial charge in [-0.25, -0.2) is 4.79 Å². The van der Waals surface area contributed by atoms with Crippen molar-refractivity contribution in [3.8, 4) is 5.75 Å². The van der Waals surface area contributed by atoms with Crippen LogP contribution in [-0.4, -0.2) is 55.2 Å². The minimum absolute atomic E-state index is 0.190. The lowest BCUT2D eigenvalue weighted by molar-refractivity contribution is -0.257. The SMILES string of the molecule is COC(=O)C(O)C(O)(COc1ccccc1C=O)OC. The molecule has 0 heterocycles. The lowest BCUT2D eigenvalue weighted by atomic mass is 10.1. The van der Waals surface area contributed by atoms with E-state index in [9.17, 15) is 19.8 Å². The Morgan fingerprint density at radius 1 is 1.40 bits per heavy atom. The van der Waals surface area contributed by atoms with Crippen molar-refractivity contribution in [1.29, 1.82) is 0 Å². The molecule has 0 fully saturated rings. The fourth-order valence-electron chi connectivity index (χ4n) is 1.44. The highest BCUT2D eigenvalue weighted by atomic mass is 16.7. The second-order valence-corrected chi connectivity index (χ2v) is 3.92. The van der Waals surface area contributed by atoms with Crippen LogP contribution in [0.5, 0.6) is 5.75 Å². The molecular formula is C13H16O7. The largest absolute Gasteiger partial charge is 0.487 e. The van der Waals surface area contributed by atoms with E-state index in [1.165, 1.54) is 12.1 Å². The molecule has 0 saturated carbocycles. The fraction of sp³-hybridized carbons (Fsp3) is 0.385. The predicted molar refractivity (Wildman–Crippen MR) is 67.3 cm³/mol. The van der Waals surface area contributed by atoms with Gasteiger partial charge in [0.05, 0.1) is 12.7 Å². The molecule has 2 atom stereocenters. The molecule has 1 rings (SSSR count). The highest BCUT2D eigenvalue weighted by Crippen LogP contribution is 2.20. The summed E-state index contributed by atoms with van der Waals surface area (Å²) in [7, 11) is 2.16. The molecule has 0 aliphatic heterocycles. The number of methoxy groups -OCH3 is 2. The first-order chi connectivity index (χ1) is 9.48. The predicted octanol–water partition coefficient (Wildman–Crippen LogP) is -0.253. The van der Waals surface area contributed by atoms with Crippen LogP contribution < -0.4 is 4.74 Å². The van der Waals surface area contributed by atoms with Crippen molar-refractivity contribution in [1.82, 2.24) is 0 Å². The van der Waals surface area contributed by atoms with Gasteiger partial charge in [0.25, 0.3) is 0 Å². The number of hydrogen-bond donors (Lipinski definition) is 2. The zero-order chi connectivity index (χ0) is 15.2. The molecular weight excluding hydrogens is 268 g/mol. The number of para-hydroxylation sites is 1. The maximum Gasteiger partial charge on any atom is 0.340 e. The Morgan fingerprint density at radius 2 is 2.05 bits per heavy atom. The van der Waals surface area contributed by atoms with Gasteiger partial charge in [-0.1, -0.05) is 12.1 Å². The van der Waals surface area contributed by atoms with Gasteiger partial charge >= 0.3 is 5.97 Å². The van der Waals surface area contributed by atoms with Crippen molar-refractivity contribution < 1.29 is 34.0 Å². The van der Waals surface area contributed by atoms with Crippen LogP contribution in [0, 0.1) is 0 Å². The number of aldehydes is 1. The van der Waals surface area contributed by atoms with Crippen LogP contribution in [0.2, 0.25) is 0 Å². The molecule has 1 aromatic rings. The molecule has 0 aliphatic rings. The third-order valence-corrected chi connectivity index (χ3v) is 2.69. The van der Waals surface area contributed by atoms with Gasteiger partial charge in [0.15, 0.2) is 6.29 Å². The van der Waals surface area contributed by atoms with Gasteiger partial charge in [0.1, 0.15) is 12.4 Å². The van der Waals surface area contributed by atoms with Crippen LogP contribution in [0.15, 0.2) is 24.3 Å². The Hall–Kier alpha value is -1.96. The summed E-state index contributed by atoms with van der Waals surface area (Å²) in [5.74, 6) is -3.17. The van der Waals surface area contributed by atoms with Gasteiger partial charge in [0.2, 0.25) is 11.9 Å². The summed E-state index contributed by atoms with van der Waals surface area (Å²) in [6, 6.07) is 6.29. The molecule has 1 aromatic carbocycles. The first-order valence-corrected chi connectivity index (χ1v) is 5.69. The molecule has 2 N–H and O–H groups in total. The first kappa shape index (κ1) is 16.1. The summed E-state index contributed by atoms with van der Waals surface area (Å²) >= 11 is 0. The van der Waals surface area contributed by atoms with Crippen LogP contribution in [0.4, 0.5) is 0 Å². The Kier molecular flexibility index (Phi) is 5.63. The molecule has 0 radical (unpaired) electrons. The first-order valence-electron chi connectivity index (χ1n) is 5.69. The van der Waals surface area contributed by atoms with Gasteiger partial charge in [-0.05, 0) is 12.1 Å². The van der Waals surface area contributed by atoms with Crippen LogP contribution in [0.25, 0.3) is 0 Å². The number of esters is 1. The Morgan fingerprint density at radius 3 is 2.60 bits per heavy atom. The third kappa shape index (κ3) is 3.53. The van der Waals surface area contributed by atoms with Gasteiger partial charge in [0, 0.05) is 7.11 Å². The van der Waals surface area contributed by atoms with Crippen molar-refractivity contribution in [3.63, 3.8) is 0 Å². The van der Waals surface area contributed by atoms with Gasteiger partial charge in [-0.3, -0.25) is 4.79 Å². The summed E-state index contributed by atoms with van der Waals surface area (Å²) in [5, 5.41) is 19.7. The summed E-state index contributed by atoms with van der Waals surface area (Å²) in [6.45, 7) is -0.565. The maximum absolute atomic E-state index is 11.2. The molecule has 20 heavy (non-hydrogen) atoms. The highest BCUT2D eigenvalue weighted by Gasteiger charge is 2.43. The number of aliphatic hydroxyl groups excluding tert-OH is 1. The van der Waals surface area contributed by atoms with Crippen molar-refractivity contribution in [3.05, 3.63) is 29.8 Å². The summed E-state index contributed by atoms with van der Waals surface area (Å²) in [6.07, 6.45) is -1.36. The van der Waals surface area contributed by atoms with Crippen molar-refractivity contribution >= 4 is 12.3 Å². The average molecular weight is 284 g/mol. The number of benzene rings is 1. The summed E-state index contributed by atoms with van der Waals surface area (Å²) in [4.78, 5) is 22.0. The average Bonchev–Trinajstić information content (AvgIpc) is 2.51.